The molecule has 0 unspecified atom stereocenters. The Hall–Kier alpha value is -3.83. The molecule has 3 rings (SSSR count). The number of benzene rings is 3. The first-order valence-electron chi connectivity index (χ1n) is 9.46. The molecule has 0 saturated carbocycles. The lowest BCUT2D eigenvalue weighted by atomic mass is 10.1. The molecular weight excluding hydrogens is 512 g/mol. The molecule has 0 bridgehead atoms. The minimum Gasteiger partial charge on any atom is -0.483 e. The van der Waals surface area contributed by atoms with Crippen LogP contribution in [0, 0.1) is 10.1 Å². The second kappa shape index (κ2) is 11.2. The molecule has 3 aromatic carbocycles. The minimum atomic E-state index is -0.579. The van der Waals surface area contributed by atoms with Crippen molar-refractivity contribution >= 4 is 67.6 Å². The summed E-state index contributed by atoms with van der Waals surface area (Å²) in [6, 6.07) is 17.2. The van der Waals surface area contributed by atoms with Crippen molar-refractivity contribution in [2.75, 3.05) is 6.61 Å². The van der Waals surface area contributed by atoms with E-state index >= 15 is 0 Å². The van der Waals surface area contributed by atoms with Gasteiger partial charge in [-0.1, -0.05) is 42.5 Å². The van der Waals surface area contributed by atoms with Crippen molar-refractivity contribution in [2.45, 2.75) is 0 Å². The van der Waals surface area contributed by atoms with Crippen molar-refractivity contribution in [1.82, 2.24) is 16.2 Å². The molecule has 33 heavy (non-hydrogen) atoms. The summed E-state index contributed by atoms with van der Waals surface area (Å²) in [6.07, 6.45) is 2.56. The van der Waals surface area contributed by atoms with Crippen LogP contribution < -0.4 is 20.9 Å². The number of ether oxygens (including phenoxy) is 1. The quantitative estimate of drug-likeness (QED) is 0.193. The van der Waals surface area contributed by atoms with Gasteiger partial charge in [0.05, 0.1) is 9.40 Å². The summed E-state index contributed by atoms with van der Waals surface area (Å²) in [5.74, 6) is -0.589. The van der Waals surface area contributed by atoms with Crippen LogP contribution in [0.5, 0.6) is 5.75 Å². The largest absolute Gasteiger partial charge is 0.483 e. The first kappa shape index (κ1) is 23.8. The van der Waals surface area contributed by atoms with E-state index in [1.807, 2.05) is 30.3 Å². The fourth-order valence-corrected chi connectivity index (χ4v) is 3.49. The van der Waals surface area contributed by atoms with Crippen LogP contribution in [-0.2, 0) is 9.59 Å². The highest BCUT2D eigenvalue weighted by Crippen LogP contribution is 2.32. The Balaban J connectivity index is 1.44. The SMILES string of the molecule is O=C(/C=C/c1cccc([N+](=O)[O-])c1)NC(=S)NNC(=O)COc1ccc2ccccc2c1Br. The van der Waals surface area contributed by atoms with E-state index in [9.17, 15) is 19.7 Å². The maximum absolute atomic E-state index is 12.0. The summed E-state index contributed by atoms with van der Waals surface area (Å²) in [5, 5.41) is 15.0. The lowest BCUT2D eigenvalue weighted by Gasteiger charge is -2.12. The molecule has 0 atom stereocenters. The normalized spacial score (nSPS) is 10.6. The minimum absolute atomic E-state index is 0.0876. The second-order valence-electron chi connectivity index (χ2n) is 6.56. The summed E-state index contributed by atoms with van der Waals surface area (Å²) < 4.78 is 6.28. The summed E-state index contributed by atoms with van der Waals surface area (Å²) in [7, 11) is 0. The lowest BCUT2D eigenvalue weighted by molar-refractivity contribution is -0.384. The number of hydrogen-bond acceptors (Lipinski definition) is 6. The Bertz CT molecular complexity index is 1260. The highest BCUT2D eigenvalue weighted by Gasteiger charge is 2.09. The van der Waals surface area contributed by atoms with Gasteiger partial charge in [0.15, 0.2) is 11.7 Å². The highest BCUT2D eigenvalue weighted by molar-refractivity contribution is 9.10. The molecule has 11 heteroatoms. The molecule has 0 aliphatic heterocycles. The van der Waals surface area contributed by atoms with Crippen molar-refractivity contribution in [3.05, 3.63) is 86.9 Å². The maximum atomic E-state index is 12.0. The number of thiocarbonyl (C=S) groups is 1. The van der Waals surface area contributed by atoms with Gasteiger partial charge in [0, 0.05) is 18.2 Å². The molecule has 0 heterocycles. The van der Waals surface area contributed by atoms with Crippen LogP contribution in [0.15, 0.2) is 71.2 Å². The average Bonchev–Trinajstić information content (AvgIpc) is 2.81. The molecule has 0 saturated heterocycles. The Labute approximate surface area is 202 Å². The molecular formula is C22H17BrN4O5S. The molecule has 0 aromatic heterocycles. The van der Waals surface area contributed by atoms with Gasteiger partial charge in [-0.25, -0.2) is 0 Å². The van der Waals surface area contributed by atoms with E-state index in [2.05, 4.69) is 32.1 Å². The molecule has 168 valence electrons. The van der Waals surface area contributed by atoms with Crippen LogP contribution in [0.2, 0.25) is 0 Å². The number of carbonyl (C=O) groups is 2. The van der Waals surface area contributed by atoms with Crippen molar-refractivity contribution < 1.29 is 19.2 Å². The molecule has 3 aromatic rings. The van der Waals surface area contributed by atoms with Gasteiger partial charge in [-0.05, 0) is 56.6 Å². The molecule has 0 fully saturated rings. The van der Waals surface area contributed by atoms with E-state index in [0.717, 1.165) is 21.3 Å². The Kier molecular flexibility index (Phi) is 8.06. The first-order chi connectivity index (χ1) is 15.8. The topological polar surface area (TPSA) is 123 Å². The van der Waals surface area contributed by atoms with E-state index in [1.54, 1.807) is 12.1 Å². The van der Waals surface area contributed by atoms with E-state index in [0.29, 0.717) is 11.3 Å². The second-order valence-corrected chi connectivity index (χ2v) is 7.77. The number of halogens is 1. The van der Waals surface area contributed by atoms with Gasteiger partial charge in [0.2, 0.25) is 5.91 Å². The summed E-state index contributed by atoms with van der Waals surface area (Å²) >= 11 is 8.44. The zero-order valence-corrected chi connectivity index (χ0v) is 19.3. The van der Waals surface area contributed by atoms with E-state index in [4.69, 9.17) is 17.0 Å². The molecule has 2 amide bonds. The van der Waals surface area contributed by atoms with Gasteiger partial charge >= 0.3 is 0 Å². The molecule has 0 radical (unpaired) electrons. The standard InChI is InChI=1S/C22H17BrN4O5S/c23-21-17-7-2-1-5-15(17)9-10-18(21)32-13-20(29)25-26-22(33)24-19(28)11-8-14-4-3-6-16(12-14)27(30)31/h1-12H,13H2,(H,25,29)(H2,24,26,28,33)/b11-8+. The van der Waals surface area contributed by atoms with Crippen molar-refractivity contribution in [3.63, 3.8) is 0 Å². The summed E-state index contributed by atoms with van der Waals surface area (Å²) in [4.78, 5) is 34.2. The molecule has 0 aliphatic rings. The Morgan fingerprint density at radius 2 is 1.88 bits per heavy atom. The highest BCUT2D eigenvalue weighted by atomic mass is 79.9. The van der Waals surface area contributed by atoms with Crippen molar-refractivity contribution in [1.29, 1.82) is 0 Å². The van der Waals surface area contributed by atoms with Gasteiger partial charge in [-0.15, -0.1) is 0 Å². The van der Waals surface area contributed by atoms with Crippen LogP contribution >= 0.6 is 28.1 Å². The molecule has 3 N–H and O–H groups in total. The predicted octanol–water partition coefficient (Wildman–Crippen LogP) is 3.62. The number of nitro benzene ring substituents is 1. The summed E-state index contributed by atoms with van der Waals surface area (Å²) in [6.45, 7) is -0.285. The van der Waals surface area contributed by atoms with E-state index < -0.39 is 16.7 Å². The fourth-order valence-electron chi connectivity index (χ4n) is 2.73. The fraction of sp³-hybridized carbons (Fsp3) is 0.0455. The van der Waals surface area contributed by atoms with Gasteiger partial charge < -0.3 is 4.74 Å². The number of nitrogens with one attached hydrogen (secondary N) is 3. The van der Waals surface area contributed by atoms with Gasteiger partial charge in [0.25, 0.3) is 11.6 Å². The number of hydrogen-bond donors (Lipinski definition) is 3. The molecule has 9 nitrogen and oxygen atoms in total. The molecule has 0 spiro atoms. The number of rotatable bonds is 6. The van der Waals surface area contributed by atoms with Gasteiger partial charge in [-0.2, -0.15) is 0 Å². The number of carbonyl (C=O) groups excluding carboxylic acids is 2. The van der Waals surface area contributed by atoms with Gasteiger partial charge in [0.1, 0.15) is 5.75 Å². The van der Waals surface area contributed by atoms with E-state index in [-0.39, 0.29) is 17.4 Å². The van der Waals surface area contributed by atoms with Gasteiger partial charge in [-0.3, -0.25) is 35.9 Å². The number of amides is 2. The first-order valence-corrected chi connectivity index (χ1v) is 10.7. The third kappa shape index (κ3) is 6.82. The number of nitrogens with zero attached hydrogens (tertiary/aromatic N) is 1. The van der Waals surface area contributed by atoms with Crippen LogP contribution in [0.3, 0.4) is 0 Å². The third-order valence-electron chi connectivity index (χ3n) is 4.25. The lowest BCUT2D eigenvalue weighted by Crippen LogP contribution is -2.49. The average molecular weight is 529 g/mol. The van der Waals surface area contributed by atoms with Crippen LogP contribution in [0.4, 0.5) is 5.69 Å². The zero-order chi connectivity index (χ0) is 23.8. The molecule has 0 aliphatic carbocycles. The number of fused-ring (bicyclic) bond motifs is 1. The van der Waals surface area contributed by atoms with Crippen LogP contribution in [0.25, 0.3) is 16.8 Å². The summed E-state index contributed by atoms with van der Waals surface area (Å²) in [5.41, 5.74) is 5.11. The van der Waals surface area contributed by atoms with Crippen LogP contribution in [0.1, 0.15) is 5.56 Å². The zero-order valence-electron chi connectivity index (χ0n) is 16.9. The smallest absolute Gasteiger partial charge is 0.276 e. The predicted molar refractivity (Wildman–Crippen MR) is 131 cm³/mol. The third-order valence-corrected chi connectivity index (χ3v) is 5.27. The number of non-ortho nitro benzene ring substituents is 1. The Morgan fingerprint density at radius 1 is 1.09 bits per heavy atom. The Morgan fingerprint density at radius 3 is 2.67 bits per heavy atom. The number of nitro groups is 1. The number of hydrazine groups is 1. The van der Waals surface area contributed by atoms with Crippen molar-refractivity contribution in [2.24, 2.45) is 0 Å². The maximum Gasteiger partial charge on any atom is 0.276 e. The van der Waals surface area contributed by atoms with Crippen molar-refractivity contribution in [3.8, 4) is 5.75 Å². The van der Waals surface area contributed by atoms with Crippen LogP contribution in [-0.4, -0.2) is 28.5 Å². The monoisotopic (exact) mass is 528 g/mol. The van der Waals surface area contributed by atoms with E-state index in [1.165, 1.54) is 24.3 Å².